The van der Waals surface area contributed by atoms with Crippen molar-refractivity contribution in [2.45, 2.75) is 63.7 Å². The van der Waals surface area contributed by atoms with Gasteiger partial charge in [0.25, 0.3) is 0 Å². The van der Waals surface area contributed by atoms with Crippen molar-refractivity contribution >= 4 is 30.5 Å². The first-order valence-corrected chi connectivity index (χ1v) is 16.5. The zero-order valence-corrected chi connectivity index (χ0v) is 22.7. The Morgan fingerprint density at radius 2 is 1.26 bits per heavy atom. The number of phenols is 1. The van der Waals surface area contributed by atoms with E-state index >= 15 is 0 Å². The van der Waals surface area contributed by atoms with E-state index in [1.807, 2.05) is 42.6 Å². The molecule has 1 aliphatic carbocycles. The number of rotatable bonds is 4. The molecular formula is C29H33Cl2NOTi. The summed E-state index contributed by atoms with van der Waals surface area (Å²) >= 11 is -0.556. The molecule has 0 spiro atoms. The molecule has 34 heavy (non-hydrogen) atoms. The molecule has 0 radical (unpaired) electrons. The molecule has 1 fully saturated rings. The Labute approximate surface area is 221 Å². The van der Waals surface area contributed by atoms with E-state index in [0.29, 0.717) is 11.7 Å². The topological polar surface area (TPSA) is 32.6 Å². The minimum atomic E-state index is -0.556. The molecule has 0 aromatic heterocycles. The Morgan fingerprint density at radius 1 is 0.735 bits per heavy atom. The van der Waals surface area contributed by atoms with Gasteiger partial charge in [-0.05, 0) is 59.7 Å². The molecule has 2 nitrogen and oxygen atoms in total. The van der Waals surface area contributed by atoms with Gasteiger partial charge < -0.3 is 5.11 Å². The van der Waals surface area contributed by atoms with Crippen molar-refractivity contribution in [1.82, 2.24) is 0 Å². The van der Waals surface area contributed by atoms with E-state index < -0.39 is 17.0 Å². The van der Waals surface area contributed by atoms with Crippen LogP contribution >= 0.6 is 18.6 Å². The number of benzene rings is 3. The molecule has 0 saturated heterocycles. The Bertz CT molecular complexity index is 1000. The van der Waals surface area contributed by atoms with Crippen molar-refractivity contribution in [1.29, 1.82) is 0 Å². The van der Waals surface area contributed by atoms with Crippen LogP contribution in [0.2, 0.25) is 0 Å². The predicted octanol–water partition coefficient (Wildman–Crippen LogP) is 9.79. The number of phenolic OH excluding ortho intramolecular Hbond substituents is 1. The fraction of sp³-hybridized carbons (Fsp3) is 0.345. The maximum atomic E-state index is 11.3. The molecule has 1 N–H and O–H groups in total. The molecule has 0 heterocycles. The van der Waals surface area contributed by atoms with Crippen LogP contribution < -0.4 is 0 Å². The summed E-state index contributed by atoms with van der Waals surface area (Å²) in [6.45, 7) is 0. The van der Waals surface area contributed by atoms with Gasteiger partial charge in [0, 0.05) is 11.8 Å². The molecule has 1 saturated carbocycles. The normalized spacial score (nSPS) is 15.4. The molecule has 3 aromatic carbocycles. The zero-order valence-electron chi connectivity index (χ0n) is 19.6. The number of para-hydroxylation sites is 1. The van der Waals surface area contributed by atoms with Crippen LogP contribution in [0.3, 0.4) is 0 Å². The van der Waals surface area contributed by atoms with Crippen LogP contribution in [-0.4, -0.2) is 11.3 Å². The standard InChI is InChI=1S/C29H33NO.2ClH.Ti/c31-29-26(22-30-27-18-12-7-13-19-27)20-25(23-14-10-6-11-15-23)21-28(29)24-16-8-4-2-1-3-5-9-17-24;;;/h6-7,10-15,18-22,24,31H,1-5,8-9,16-17H2;2*1H;/q;;;+2/p-2. The van der Waals surface area contributed by atoms with E-state index in [1.165, 1.54) is 50.5 Å². The number of hydrogen-bond donors (Lipinski definition) is 1. The van der Waals surface area contributed by atoms with Crippen molar-refractivity contribution in [3.8, 4) is 16.9 Å². The maximum absolute atomic E-state index is 11.3. The molecule has 4 rings (SSSR count). The summed E-state index contributed by atoms with van der Waals surface area (Å²) in [5, 5.41) is 11.3. The molecule has 178 valence electrons. The monoisotopic (exact) mass is 529 g/mol. The molecule has 1 aliphatic rings. The Morgan fingerprint density at radius 3 is 1.85 bits per heavy atom. The SMILES string of the molecule is Oc1c(C=Nc2ccccc2)cc(-c2ccccc2)cc1C1CCCCCCCCC1.[Cl][Ti][Cl]. The predicted molar refractivity (Wildman–Crippen MR) is 143 cm³/mol. The molecule has 0 amide bonds. The summed E-state index contributed by atoms with van der Waals surface area (Å²) in [6, 6.07) is 24.7. The Balaban J connectivity index is 0.00000103. The van der Waals surface area contributed by atoms with Gasteiger partial charge in [0.2, 0.25) is 0 Å². The van der Waals surface area contributed by atoms with Gasteiger partial charge in [0.1, 0.15) is 5.75 Å². The fourth-order valence-electron chi connectivity index (χ4n) is 4.67. The zero-order chi connectivity index (χ0) is 24.0. The summed E-state index contributed by atoms with van der Waals surface area (Å²) in [7, 11) is 9.78. The van der Waals surface area contributed by atoms with Crippen LogP contribution in [0.5, 0.6) is 5.75 Å². The van der Waals surface area contributed by atoms with Gasteiger partial charge in [-0.3, -0.25) is 4.99 Å². The molecule has 0 unspecified atom stereocenters. The average Bonchev–Trinajstić information content (AvgIpc) is 2.88. The molecule has 3 aromatic rings. The molecule has 0 atom stereocenters. The van der Waals surface area contributed by atoms with E-state index in [2.05, 4.69) is 41.4 Å². The third kappa shape index (κ3) is 8.57. The van der Waals surface area contributed by atoms with E-state index in [9.17, 15) is 5.11 Å². The van der Waals surface area contributed by atoms with Crippen LogP contribution in [0.25, 0.3) is 11.1 Å². The summed E-state index contributed by atoms with van der Waals surface area (Å²) in [5.74, 6) is 0.812. The number of aromatic hydroxyl groups is 1. The van der Waals surface area contributed by atoms with Crippen LogP contribution in [0.15, 0.2) is 77.8 Å². The number of hydrogen-bond acceptors (Lipinski definition) is 2. The first-order valence-electron chi connectivity index (χ1n) is 12.2. The van der Waals surface area contributed by atoms with Gasteiger partial charge in [-0.1, -0.05) is 93.5 Å². The van der Waals surface area contributed by atoms with E-state index in [0.717, 1.165) is 35.2 Å². The first kappa shape index (κ1) is 27.0. The van der Waals surface area contributed by atoms with E-state index in [1.54, 1.807) is 0 Å². The van der Waals surface area contributed by atoms with Crippen LogP contribution in [0.1, 0.15) is 74.8 Å². The third-order valence-corrected chi connectivity index (χ3v) is 6.43. The molecule has 0 bridgehead atoms. The van der Waals surface area contributed by atoms with Crippen LogP contribution in [-0.2, 0) is 17.0 Å². The number of halogens is 2. The van der Waals surface area contributed by atoms with Crippen molar-refractivity contribution in [2.75, 3.05) is 0 Å². The van der Waals surface area contributed by atoms with Crippen molar-refractivity contribution in [3.63, 3.8) is 0 Å². The third-order valence-electron chi connectivity index (χ3n) is 6.43. The van der Waals surface area contributed by atoms with Gasteiger partial charge in [0.05, 0.1) is 5.69 Å². The average molecular weight is 530 g/mol. The second-order valence-electron chi connectivity index (χ2n) is 8.78. The summed E-state index contributed by atoms with van der Waals surface area (Å²) < 4.78 is 0. The summed E-state index contributed by atoms with van der Waals surface area (Å²) in [4.78, 5) is 4.63. The van der Waals surface area contributed by atoms with Gasteiger partial charge in [-0.25, -0.2) is 0 Å². The van der Waals surface area contributed by atoms with Gasteiger partial charge in [-0.15, -0.1) is 0 Å². The van der Waals surface area contributed by atoms with Gasteiger partial charge >= 0.3 is 35.6 Å². The Hall–Kier alpha value is -1.58. The number of nitrogens with zero attached hydrogens (tertiary/aromatic N) is 1. The van der Waals surface area contributed by atoms with E-state index in [4.69, 9.17) is 18.6 Å². The van der Waals surface area contributed by atoms with Crippen LogP contribution in [0.4, 0.5) is 5.69 Å². The number of aliphatic imine (C=N–C) groups is 1. The first-order chi connectivity index (χ1) is 16.7. The summed E-state index contributed by atoms with van der Waals surface area (Å²) in [5.41, 5.74) is 5.12. The minimum absolute atomic E-state index is 0.404. The second-order valence-corrected chi connectivity index (χ2v) is 11.4. The second kappa shape index (κ2) is 15.4. The van der Waals surface area contributed by atoms with Gasteiger partial charge in [-0.2, -0.15) is 0 Å². The molecular weight excluding hydrogens is 497 g/mol. The molecule has 0 aliphatic heterocycles. The van der Waals surface area contributed by atoms with Crippen molar-refractivity contribution in [3.05, 3.63) is 83.9 Å². The quantitative estimate of drug-likeness (QED) is 0.264. The van der Waals surface area contributed by atoms with Crippen LogP contribution in [0, 0.1) is 0 Å². The fourth-order valence-corrected chi connectivity index (χ4v) is 4.67. The van der Waals surface area contributed by atoms with Crippen molar-refractivity contribution in [2.24, 2.45) is 4.99 Å². The van der Waals surface area contributed by atoms with Crippen molar-refractivity contribution < 1.29 is 22.1 Å². The molecule has 5 heteroatoms. The van der Waals surface area contributed by atoms with Gasteiger partial charge in [0.15, 0.2) is 0 Å². The van der Waals surface area contributed by atoms with E-state index in [-0.39, 0.29) is 0 Å². The Kier molecular flexibility index (Phi) is 12.3. The summed E-state index contributed by atoms with van der Waals surface area (Å²) in [6.07, 6.45) is 13.3.